The maximum absolute atomic E-state index is 13.5. The molecule has 32 heavy (non-hydrogen) atoms. The summed E-state index contributed by atoms with van der Waals surface area (Å²) in [5.74, 6) is -0.733. The van der Waals surface area contributed by atoms with E-state index in [0.29, 0.717) is 29.0 Å². The fraction of sp³-hybridized carbons (Fsp3) is 0.308. The highest BCUT2D eigenvalue weighted by Gasteiger charge is 2.41. The SMILES string of the molecule is CC1=C(C(=O)OC(C)C)[C@H](c2ccc(Br)cc2)C2=C(C[C@H](c3ccc(Cl)cc3)CC2=O)N1. The molecule has 0 unspecified atom stereocenters. The number of ether oxygens (including phenoxy) is 1. The number of esters is 1. The molecule has 4 rings (SSSR count). The van der Waals surface area contributed by atoms with Gasteiger partial charge >= 0.3 is 5.97 Å². The van der Waals surface area contributed by atoms with E-state index in [4.69, 9.17) is 16.3 Å². The molecule has 0 saturated carbocycles. The monoisotopic (exact) mass is 513 g/mol. The van der Waals surface area contributed by atoms with Crippen LogP contribution in [0.1, 0.15) is 56.6 Å². The second-order valence-electron chi connectivity index (χ2n) is 8.57. The van der Waals surface area contributed by atoms with Crippen LogP contribution in [0.4, 0.5) is 0 Å². The molecule has 0 spiro atoms. The summed E-state index contributed by atoms with van der Waals surface area (Å²) in [6, 6.07) is 15.5. The van der Waals surface area contributed by atoms with Gasteiger partial charge in [-0.2, -0.15) is 0 Å². The van der Waals surface area contributed by atoms with Gasteiger partial charge in [-0.1, -0.05) is 51.8 Å². The Labute approximate surface area is 201 Å². The lowest BCUT2D eigenvalue weighted by atomic mass is 9.72. The van der Waals surface area contributed by atoms with Crippen molar-refractivity contribution in [3.05, 3.63) is 91.7 Å². The largest absolute Gasteiger partial charge is 0.460 e. The topological polar surface area (TPSA) is 55.4 Å². The molecule has 1 N–H and O–H groups in total. The molecule has 166 valence electrons. The number of hydrogen-bond acceptors (Lipinski definition) is 4. The normalized spacial score (nSPS) is 20.9. The highest BCUT2D eigenvalue weighted by Crippen LogP contribution is 2.46. The number of carbonyl (C=O) groups excluding carboxylic acids is 2. The number of allylic oxidation sites excluding steroid dienone is 3. The molecule has 2 aromatic carbocycles. The van der Waals surface area contributed by atoms with Crippen LogP contribution >= 0.6 is 27.5 Å². The van der Waals surface area contributed by atoms with Crippen LogP contribution in [0, 0.1) is 0 Å². The number of benzene rings is 2. The molecule has 0 saturated heterocycles. The van der Waals surface area contributed by atoms with Crippen molar-refractivity contribution in [3.8, 4) is 0 Å². The molecule has 2 aromatic rings. The Bertz CT molecular complexity index is 1120. The Hall–Kier alpha value is -2.37. The van der Waals surface area contributed by atoms with Crippen LogP contribution in [0.3, 0.4) is 0 Å². The van der Waals surface area contributed by atoms with Gasteiger partial charge in [0.05, 0.1) is 11.7 Å². The van der Waals surface area contributed by atoms with Crippen molar-refractivity contribution in [3.63, 3.8) is 0 Å². The Morgan fingerprint density at radius 2 is 1.69 bits per heavy atom. The summed E-state index contributed by atoms with van der Waals surface area (Å²) in [4.78, 5) is 26.6. The van der Waals surface area contributed by atoms with Crippen LogP contribution in [-0.4, -0.2) is 17.9 Å². The third kappa shape index (κ3) is 4.55. The molecule has 0 fully saturated rings. The fourth-order valence-corrected chi connectivity index (χ4v) is 4.94. The Balaban J connectivity index is 1.78. The van der Waals surface area contributed by atoms with Gasteiger partial charge in [-0.15, -0.1) is 0 Å². The van der Waals surface area contributed by atoms with Gasteiger partial charge in [0.1, 0.15) is 0 Å². The fourth-order valence-electron chi connectivity index (χ4n) is 4.55. The number of nitrogens with one attached hydrogen (secondary N) is 1. The van der Waals surface area contributed by atoms with Gasteiger partial charge in [0.25, 0.3) is 0 Å². The van der Waals surface area contributed by atoms with Gasteiger partial charge in [0.2, 0.25) is 0 Å². The minimum absolute atomic E-state index is 0.0500. The average molecular weight is 515 g/mol. The van der Waals surface area contributed by atoms with Crippen molar-refractivity contribution in [2.75, 3.05) is 0 Å². The minimum atomic E-state index is -0.454. The first kappa shape index (κ1) is 22.8. The van der Waals surface area contributed by atoms with Gasteiger partial charge < -0.3 is 10.1 Å². The van der Waals surface area contributed by atoms with E-state index in [-0.39, 0.29) is 17.8 Å². The molecule has 0 radical (unpaired) electrons. The van der Waals surface area contributed by atoms with Crippen LogP contribution in [0.25, 0.3) is 0 Å². The van der Waals surface area contributed by atoms with E-state index in [1.807, 2.05) is 69.3 Å². The Morgan fingerprint density at radius 1 is 1.06 bits per heavy atom. The molecule has 0 aromatic heterocycles. The highest BCUT2D eigenvalue weighted by atomic mass is 79.9. The minimum Gasteiger partial charge on any atom is -0.460 e. The van der Waals surface area contributed by atoms with Gasteiger partial charge in [0, 0.05) is 38.8 Å². The van der Waals surface area contributed by atoms with E-state index in [1.54, 1.807) is 0 Å². The van der Waals surface area contributed by atoms with Gasteiger partial charge in [-0.25, -0.2) is 4.79 Å². The third-order valence-corrected chi connectivity index (χ3v) is 6.72. The summed E-state index contributed by atoms with van der Waals surface area (Å²) < 4.78 is 6.50. The summed E-state index contributed by atoms with van der Waals surface area (Å²) >= 11 is 9.52. The van der Waals surface area contributed by atoms with Crippen molar-refractivity contribution in [1.82, 2.24) is 5.32 Å². The van der Waals surface area contributed by atoms with Crippen molar-refractivity contribution in [2.45, 2.75) is 51.6 Å². The van der Waals surface area contributed by atoms with E-state index in [9.17, 15) is 9.59 Å². The first-order chi connectivity index (χ1) is 15.2. The average Bonchev–Trinajstić information content (AvgIpc) is 2.73. The number of halogens is 2. The maximum Gasteiger partial charge on any atom is 0.337 e. The van der Waals surface area contributed by atoms with E-state index in [1.165, 1.54) is 0 Å². The zero-order valence-corrected chi connectivity index (χ0v) is 20.6. The molecular weight excluding hydrogens is 490 g/mol. The molecule has 0 amide bonds. The molecule has 1 aliphatic heterocycles. The summed E-state index contributed by atoms with van der Waals surface area (Å²) in [6.45, 7) is 5.53. The van der Waals surface area contributed by atoms with E-state index in [2.05, 4.69) is 21.2 Å². The molecular formula is C26H25BrClNO3. The molecule has 4 nitrogen and oxygen atoms in total. The van der Waals surface area contributed by atoms with Crippen molar-refractivity contribution in [1.29, 1.82) is 0 Å². The highest BCUT2D eigenvalue weighted by molar-refractivity contribution is 9.10. The lowest BCUT2D eigenvalue weighted by Gasteiger charge is -2.37. The van der Waals surface area contributed by atoms with Crippen molar-refractivity contribution in [2.24, 2.45) is 0 Å². The quantitative estimate of drug-likeness (QED) is 0.479. The summed E-state index contributed by atoms with van der Waals surface area (Å²) in [5, 5.41) is 4.05. The zero-order valence-electron chi connectivity index (χ0n) is 18.2. The first-order valence-electron chi connectivity index (χ1n) is 10.7. The summed E-state index contributed by atoms with van der Waals surface area (Å²) in [7, 11) is 0. The lowest BCUT2D eigenvalue weighted by molar-refractivity contribution is -0.143. The number of dihydropyridines is 1. The van der Waals surface area contributed by atoms with E-state index >= 15 is 0 Å². The standard InChI is InChI=1S/C26H25BrClNO3/c1-14(2)32-26(31)23-15(3)29-21-12-18(16-6-10-20(28)11-7-16)13-22(30)25(21)24(23)17-4-8-19(27)9-5-17/h4-11,14,18,24,29H,12-13H2,1-3H3/t18-,24-/m0/s1. The van der Waals surface area contributed by atoms with Crippen molar-refractivity contribution < 1.29 is 14.3 Å². The van der Waals surface area contributed by atoms with Crippen LogP contribution in [0.15, 0.2) is 75.5 Å². The number of rotatable bonds is 4. The van der Waals surface area contributed by atoms with E-state index in [0.717, 1.165) is 27.0 Å². The number of carbonyl (C=O) groups is 2. The predicted octanol–water partition coefficient (Wildman–Crippen LogP) is 6.42. The van der Waals surface area contributed by atoms with Crippen LogP contribution in [0.2, 0.25) is 5.02 Å². The van der Waals surface area contributed by atoms with Gasteiger partial charge in [-0.05, 0) is 68.5 Å². The molecule has 2 aliphatic rings. The maximum atomic E-state index is 13.5. The zero-order chi connectivity index (χ0) is 23.0. The Kier molecular flexibility index (Phi) is 6.59. The number of hydrogen-bond donors (Lipinski definition) is 1. The Morgan fingerprint density at radius 3 is 2.31 bits per heavy atom. The third-order valence-electron chi connectivity index (χ3n) is 5.93. The van der Waals surface area contributed by atoms with Gasteiger partial charge in [0.15, 0.2) is 5.78 Å². The number of ketones is 1. The van der Waals surface area contributed by atoms with Crippen LogP contribution in [0.5, 0.6) is 0 Å². The molecule has 0 bridgehead atoms. The predicted molar refractivity (Wildman–Crippen MR) is 129 cm³/mol. The second kappa shape index (κ2) is 9.24. The molecule has 6 heteroatoms. The molecule has 1 heterocycles. The molecule has 1 aliphatic carbocycles. The number of Topliss-reactive ketones (excluding diaryl/α,β-unsaturated/α-hetero) is 1. The first-order valence-corrected chi connectivity index (χ1v) is 11.9. The van der Waals surface area contributed by atoms with Crippen LogP contribution < -0.4 is 5.32 Å². The smallest absolute Gasteiger partial charge is 0.337 e. The van der Waals surface area contributed by atoms with Crippen LogP contribution in [-0.2, 0) is 14.3 Å². The summed E-state index contributed by atoms with van der Waals surface area (Å²) in [5.41, 5.74) is 4.76. The van der Waals surface area contributed by atoms with Crippen molar-refractivity contribution >= 4 is 39.3 Å². The molecule has 2 atom stereocenters. The second-order valence-corrected chi connectivity index (χ2v) is 9.93. The lowest BCUT2D eigenvalue weighted by Crippen LogP contribution is -2.36. The summed E-state index contributed by atoms with van der Waals surface area (Å²) in [6.07, 6.45) is 0.834. The van der Waals surface area contributed by atoms with Gasteiger partial charge in [-0.3, -0.25) is 4.79 Å². The van der Waals surface area contributed by atoms with E-state index < -0.39 is 11.9 Å².